The minimum absolute atomic E-state index is 0.595. The molecule has 1 aromatic heterocycles. The van der Waals surface area contributed by atoms with Crippen molar-refractivity contribution in [1.82, 2.24) is 15.2 Å². The van der Waals surface area contributed by atoms with Crippen LogP contribution in [0.2, 0.25) is 0 Å². The van der Waals surface area contributed by atoms with Gasteiger partial charge in [0, 0.05) is 44.1 Å². The van der Waals surface area contributed by atoms with Gasteiger partial charge in [0.15, 0.2) is 0 Å². The zero-order valence-electron chi connectivity index (χ0n) is 9.48. The van der Waals surface area contributed by atoms with Crippen LogP contribution in [0, 0.1) is 0 Å². The molecule has 0 saturated carbocycles. The van der Waals surface area contributed by atoms with Crippen molar-refractivity contribution in [3.8, 4) is 0 Å². The van der Waals surface area contributed by atoms with Crippen LogP contribution in [-0.4, -0.2) is 35.1 Å². The van der Waals surface area contributed by atoms with Crippen LogP contribution in [0.4, 0.5) is 0 Å². The minimum atomic E-state index is 0.595. The second-order valence-corrected chi connectivity index (χ2v) is 4.45. The van der Waals surface area contributed by atoms with E-state index in [0.717, 1.165) is 19.6 Å². The number of hydrogen-bond acceptors (Lipinski definition) is 3. The van der Waals surface area contributed by atoms with E-state index in [4.69, 9.17) is 0 Å². The van der Waals surface area contributed by atoms with Crippen molar-refractivity contribution in [2.75, 3.05) is 13.1 Å². The summed E-state index contributed by atoms with van der Waals surface area (Å²) in [6, 6.07) is 5.36. The Morgan fingerprint density at radius 3 is 3.13 bits per heavy atom. The van der Waals surface area contributed by atoms with Gasteiger partial charge in [0.1, 0.15) is 0 Å². The van der Waals surface area contributed by atoms with E-state index in [2.05, 4.69) is 35.1 Å². The molecule has 1 aromatic rings. The molecule has 0 aliphatic carbocycles. The van der Waals surface area contributed by atoms with Gasteiger partial charge in [-0.05, 0) is 25.5 Å². The molecular formula is C12H19N3. The monoisotopic (exact) mass is 205 g/mol. The molecule has 3 heteroatoms. The average Bonchev–Trinajstić information content (AvgIpc) is 2.25. The fourth-order valence-electron chi connectivity index (χ4n) is 2.04. The quantitative estimate of drug-likeness (QED) is 0.788. The van der Waals surface area contributed by atoms with Crippen LogP contribution >= 0.6 is 0 Å². The van der Waals surface area contributed by atoms with Crippen LogP contribution in [0.1, 0.15) is 19.4 Å². The number of hydrogen-bond donors (Lipinski definition) is 1. The van der Waals surface area contributed by atoms with Crippen LogP contribution in [-0.2, 0) is 6.54 Å². The van der Waals surface area contributed by atoms with Gasteiger partial charge in [-0.3, -0.25) is 9.88 Å². The molecule has 2 unspecified atom stereocenters. The SMILES string of the molecule is CC1CN(Cc2cccnc2)C(C)CN1. The molecule has 1 aliphatic rings. The Hall–Kier alpha value is -0.930. The molecular weight excluding hydrogens is 186 g/mol. The van der Waals surface area contributed by atoms with Crippen LogP contribution in [0.3, 0.4) is 0 Å². The lowest BCUT2D eigenvalue weighted by Crippen LogP contribution is -2.53. The highest BCUT2D eigenvalue weighted by atomic mass is 15.2. The molecule has 1 aliphatic heterocycles. The van der Waals surface area contributed by atoms with Gasteiger partial charge in [0.05, 0.1) is 0 Å². The minimum Gasteiger partial charge on any atom is -0.311 e. The first-order valence-electron chi connectivity index (χ1n) is 5.62. The van der Waals surface area contributed by atoms with Crippen molar-refractivity contribution in [1.29, 1.82) is 0 Å². The van der Waals surface area contributed by atoms with Gasteiger partial charge in [-0.15, -0.1) is 0 Å². The van der Waals surface area contributed by atoms with Crippen molar-refractivity contribution >= 4 is 0 Å². The second kappa shape index (κ2) is 4.73. The van der Waals surface area contributed by atoms with Gasteiger partial charge in [0.25, 0.3) is 0 Å². The number of aromatic nitrogens is 1. The van der Waals surface area contributed by atoms with E-state index in [1.54, 1.807) is 0 Å². The lowest BCUT2D eigenvalue weighted by Gasteiger charge is -2.37. The topological polar surface area (TPSA) is 28.2 Å². The molecule has 3 nitrogen and oxygen atoms in total. The molecule has 0 radical (unpaired) electrons. The highest BCUT2D eigenvalue weighted by molar-refractivity contribution is 5.08. The molecule has 82 valence electrons. The Labute approximate surface area is 91.5 Å². The fraction of sp³-hybridized carbons (Fsp3) is 0.583. The van der Waals surface area contributed by atoms with Crippen LogP contribution in [0.25, 0.3) is 0 Å². The van der Waals surface area contributed by atoms with Crippen molar-refractivity contribution in [2.45, 2.75) is 32.5 Å². The van der Waals surface area contributed by atoms with Gasteiger partial charge in [0.2, 0.25) is 0 Å². The zero-order chi connectivity index (χ0) is 10.7. The summed E-state index contributed by atoms with van der Waals surface area (Å²) in [6.45, 7) is 7.73. The summed E-state index contributed by atoms with van der Waals surface area (Å²) in [5.74, 6) is 0. The zero-order valence-corrected chi connectivity index (χ0v) is 9.48. The van der Waals surface area contributed by atoms with Gasteiger partial charge in [-0.2, -0.15) is 0 Å². The average molecular weight is 205 g/mol. The number of nitrogens with one attached hydrogen (secondary N) is 1. The van der Waals surface area contributed by atoms with Crippen LogP contribution < -0.4 is 5.32 Å². The molecule has 0 aromatic carbocycles. The summed E-state index contributed by atoms with van der Waals surface area (Å²) in [5, 5.41) is 3.49. The Kier molecular flexibility index (Phi) is 3.34. The van der Waals surface area contributed by atoms with E-state index in [1.165, 1.54) is 5.56 Å². The van der Waals surface area contributed by atoms with Gasteiger partial charge in [-0.25, -0.2) is 0 Å². The molecule has 2 rings (SSSR count). The molecule has 2 heterocycles. The summed E-state index contributed by atoms with van der Waals surface area (Å²) in [4.78, 5) is 6.66. The maximum Gasteiger partial charge on any atom is 0.0312 e. The molecule has 1 fully saturated rings. The predicted molar refractivity (Wildman–Crippen MR) is 61.6 cm³/mol. The van der Waals surface area contributed by atoms with Crippen LogP contribution in [0.5, 0.6) is 0 Å². The first-order valence-corrected chi connectivity index (χ1v) is 5.62. The highest BCUT2D eigenvalue weighted by Gasteiger charge is 2.21. The predicted octanol–water partition coefficient (Wildman–Crippen LogP) is 1.26. The first kappa shape index (κ1) is 10.6. The molecule has 1 N–H and O–H groups in total. The summed E-state index contributed by atoms with van der Waals surface area (Å²) in [7, 11) is 0. The van der Waals surface area contributed by atoms with Gasteiger partial charge < -0.3 is 5.32 Å². The summed E-state index contributed by atoms with van der Waals surface area (Å²) >= 11 is 0. The number of nitrogens with zero attached hydrogens (tertiary/aromatic N) is 2. The van der Waals surface area contributed by atoms with Crippen LogP contribution in [0.15, 0.2) is 24.5 Å². The normalized spacial score (nSPS) is 27.9. The van der Waals surface area contributed by atoms with E-state index in [9.17, 15) is 0 Å². The highest BCUT2D eigenvalue weighted by Crippen LogP contribution is 2.11. The Balaban J connectivity index is 1.98. The number of rotatable bonds is 2. The third kappa shape index (κ3) is 2.76. The summed E-state index contributed by atoms with van der Waals surface area (Å²) < 4.78 is 0. The molecule has 15 heavy (non-hydrogen) atoms. The molecule has 0 spiro atoms. The lowest BCUT2D eigenvalue weighted by atomic mass is 10.1. The van der Waals surface area contributed by atoms with E-state index < -0.39 is 0 Å². The second-order valence-electron chi connectivity index (χ2n) is 4.45. The molecule has 0 amide bonds. The number of piperazine rings is 1. The summed E-state index contributed by atoms with van der Waals surface area (Å²) in [6.07, 6.45) is 3.78. The Morgan fingerprint density at radius 2 is 2.40 bits per heavy atom. The third-order valence-corrected chi connectivity index (χ3v) is 3.00. The molecule has 0 bridgehead atoms. The Morgan fingerprint density at radius 1 is 1.53 bits per heavy atom. The number of pyridine rings is 1. The van der Waals surface area contributed by atoms with E-state index >= 15 is 0 Å². The van der Waals surface area contributed by atoms with E-state index in [1.807, 2.05) is 18.5 Å². The Bertz CT molecular complexity index is 299. The smallest absolute Gasteiger partial charge is 0.0312 e. The molecule has 2 atom stereocenters. The van der Waals surface area contributed by atoms with Crippen molar-refractivity contribution in [2.24, 2.45) is 0 Å². The third-order valence-electron chi connectivity index (χ3n) is 3.00. The first-order chi connectivity index (χ1) is 7.25. The van der Waals surface area contributed by atoms with E-state index in [-0.39, 0.29) is 0 Å². The maximum absolute atomic E-state index is 4.15. The standard InChI is InChI=1S/C12H19N3/c1-10-8-15(11(2)6-14-10)9-12-4-3-5-13-7-12/h3-5,7,10-11,14H,6,8-9H2,1-2H3. The largest absolute Gasteiger partial charge is 0.311 e. The van der Waals surface area contributed by atoms with Crippen molar-refractivity contribution < 1.29 is 0 Å². The van der Waals surface area contributed by atoms with Crippen molar-refractivity contribution in [3.63, 3.8) is 0 Å². The maximum atomic E-state index is 4.15. The fourth-order valence-corrected chi connectivity index (χ4v) is 2.04. The van der Waals surface area contributed by atoms with E-state index in [0.29, 0.717) is 12.1 Å². The summed E-state index contributed by atoms with van der Waals surface area (Å²) in [5.41, 5.74) is 1.30. The van der Waals surface area contributed by atoms with Gasteiger partial charge in [-0.1, -0.05) is 6.07 Å². The molecule has 1 saturated heterocycles. The van der Waals surface area contributed by atoms with Crippen molar-refractivity contribution in [3.05, 3.63) is 30.1 Å². The van der Waals surface area contributed by atoms with Gasteiger partial charge >= 0.3 is 0 Å². The lowest BCUT2D eigenvalue weighted by molar-refractivity contribution is 0.138.